The van der Waals surface area contributed by atoms with Crippen molar-refractivity contribution in [1.29, 1.82) is 0 Å². The second kappa shape index (κ2) is 15.4. The molecule has 1 aliphatic carbocycles. The van der Waals surface area contributed by atoms with Gasteiger partial charge in [-0.05, 0) is 152 Å². The van der Waals surface area contributed by atoms with Crippen LogP contribution in [0, 0.1) is 0 Å². The smallest absolute Gasteiger partial charge is 0.135 e. The Kier molecular flexibility index (Phi) is 9.47. The topological polar surface area (TPSA) is 19.6 Å². The molecule has 0 unspecified atom stereocenters. The summed E-state index contributed by atoms with van der Waals surface area (Å²) in [5.74, 6) is 0. The second-order valence-corrected chi connectivity index (χ2v) is 21.3. The van der Waals surface area contributed by atoms with Crippen LogP contribution in [0.5, 0.6) is 0 Å². The molecule has 10 aromatic rings. The SMILES string of the molecule is CC(C)(C)c1ccc(N(c2ccc(C(C)(C)C)cc2)c2ccc3oc4ccc(N(c5ccccc5)c5ccc6c(c5)C5(c7ccccc7Sc7ccccc75)c5ccccc5-6)cc4c3c2)cc1. The molecule has 0 bridgehead atoms. The Bertz CT molecular complexity index is 3410. The highest BCUT2D eigenvalue weighted by Gasteiger charge is 2.50. The van der Waals surface area contributed by atoms with Gasteiger partial charge in [-0.15, -0.1) is 0 Å². The third-order valence-electron chi connectivity index (χ3n) is 14.0. The number of hydrogen-bond donors (Lipinski definition) is 0. The van der Waals surface area contributed by atoms with Gasteiger partial charge in [0.05, 0.1) is 5.41 Å². The van der Waals surface area contributed by atoms with Gasteiger partial charge in [0.1, 0.15) is 11.2 Å². The Labute approximate surface area is 398 Å². The lowest BCUT2D eigenvalue weighted by Crippen LogP contribution is -2.32. The summed E-state index contributed by atoms with van der Waals surface area (Å²) in [6.45, 7) is 13.6. The molecule has 1 spiro atoms. The number of fused-ring (bicyclic) bond motifs is 12. The molecule has 0 saturated heterocycles. The zero-order valence-electron chi connectivity index (χ0n) is 38.8. The fourth-order valence-electron chi connectivity index (χ4n) is 10.7. The Morgan fingerprint density at radius 2 is 0.761 bits per heavy atom. The first-order valence-corrected chi connectivity index (χ1v) is 24.2. The van der Waals surface area contributed by atoms with Crippen LogP contribution in [0.2, 0.25) is 0 Å². The maximum atomic E-state index is 6.65. The Morgan fingerprint density at radius 3 is 1.30 bits per heavy atom. The van der Waals surface area contributed by atoms with Crippen molar-refractivity contribution in [2.45, 2.75) is 67.6 Å². The predicted octanol–water partition coefficient (Wildman–Crippen LogP) is 17.9. The summed E-state index contributed by atoms with van der Waals surface area (Å²) in [5.41, 5.74) is 18.4. The highest BCUT2D eigenvalue weighted by molar-refractivity contribution is 7.99. The van der Waals surface area contributed by atoms with Gasteiger partial charge >= 0.3 is 0 Å². The van der Waals surface area contributed by atoms with Crippen LogP contribution in [0.3, 0.4) is 0 Å². The van der Waals surface area contributed by atoms with Crippen molar-refractivity contribution in [3.05, 3.63) is 240 Å². The highest BCUT2D eigenvalue weighted by atomic mass is 32.2. The number of hydrogen-bond acceptors (Lipinski definition) is 4. The molecule has 3 nitrogen and oxygen atoms in total. The van der Waals surface area contributed by atoms with Gasteiger partial charge in [0.15, 0.2) is 0 Å². The molecule has 0 radical (unpaired) electrons. The van der Waals surface area contributed by atoms with Gasteiger partial charge in [-0.25, -0.2) is 0 Å². The molecule has 2 heterocycles. The van der Waals surface area contributed by atoms with E-state index in [1.807, 2.05) is 11.8 Å². The third-order valence-corrected chi connectivity index (χ3v) is 15.2. The van der Waals surface area contributed by atoms with E-state index in [0.29, 0.717) is 0 Å². The van der Waals surface area contributed by atoms with E-state index in [0.717, 1.165) is 56.1 Å². The van der Waals surface area contributed by atoms with Crippen LogP contribution in [0.1, 0.15) is 74.9 Å². The maximum Gasteiger partial charge on any atom is 0.135 e. The molecule has 4 heteroatoms. The zero-order valence-corrected chi connectivity index (χ0v) is 39.7. The van der Waals surface area contributed by atoms with E-state index in [1.165, 1.54) is 54.3 Å². The van der Waals surface area contributed by atoms with Crippen LogP contribution in [-0.4, -0.2) is 0 Å². The van der Waals surface area contributed by atoms with Gasteiger partial charge in [-0.2, -0.15) is 0 Å². The summed E-state index contributed by atoms with van der Waals surface area (Å²) < 4.78 is 6.65. The van der Waals surface area contributed by atoms with E-state index in [4.69, 9.17) is 4.42 Å². The zero-order chi connectivity index (χ0) is 45.7. The van der Waals surface area contributed by atoms with Crippen molar-refractivity contribution in [2.75, 3.05) is 9.80 Å². The normalized spacial score (nSPS) is 13.6. The van der Waals surface area contributed by atoms with Crippen molar-refractivity contribution >= 4 is 67.8 Å². The molecule has 1 aromatic heterocycles. The minimum absolute atomic E-state index is 0.0514. The second-order valence-electron chi connectivity index (χ2n) is 20.2. The molecule has 0 amide bonds. The summed E-state index contributed by atoms with van der Waals surface area (Å²) in [5, 5.41) is 2.14. The highest BCUT2D eigenvalue weighted by Crippen LogP contribution is 2.62. The first kappa shape index (κ1) is 41.2. The van der Waals surface area contributed by atoms with Gasteiger partial charge in [-0.3, -0.25) is 0 Å². The largest absolute Gasteiger partial charge is 0.456 e. The summed E-state index contributed by atoms with van der Waals surface area (Å²) in [6.07, 6.45) is 0. The molecule has 1 aliphatic heterocycles. The summed E-state index contributed by atoms with van der Waals surface area (Å²) >= 11 is 1.88. The molecule has 67 heavy (non-hydrogen) atoms. The van der Waals surface area contributed by atoms with Crippen LogP contribution in [0.25, 0.3) is 33.1 Å². The van der Waals surface area contributed by atoms with E-state index in [9.17, 15) is 0 Å². The molecule has 2 aliphatic rings. The van der Waals surface area contributed by atoms with Crippen molar-refractivity contribution in [1.82, 2.24) is 0 Å². The predicted molar refractivity (Wildman–Crippen MR) is 282 cm³/mol. The van der Waals surface area contributed by atoms with Gasteiger partial charge in [0, 0.05) is 54.7 Å². The van der Waals surface area contributed by atoms with Gasteiger partial charge in [0.25, 0.3) is 0 Å². The minimum Gasteiger partial charge on any atom is -0.456 e. The van der Waals surface area contributed by atoms with Crippen molar-refractivity contribution in [2.24, 2.45) is 0 Å². The molecular formula is C63H52N2OS. The summed E-state index contributed by atoms with van der Waals surface area (Å²) in [7, 11) is 0. The van der Waals surface area contributed by atoms with Crippen LogP contribution in [0.15, 0.2) is 220 Å². The first-order valence-electron chi connectivity index (χ1n) is 23.4. The first-order chi connectivity index (χ1) is 32.5. The number of para-hydroxylation sites is 1. The average molecular weight is 885 g/mol. The standard InChI is InChI=1S/C63H52N2OS/c1-61(2,3)41-24-28-44(29-25-41)64(45-30-26-42(27-31-45)62(4,5)6)46-33-36-57-51(38-46)52-39-47(34-37-58(52)66-57)65(43-16-8-7-9-17-43)48-32-35-50-49-18-10-11-19-53(49)63(56(50)40-48)54-20-12-14-22-59(54)67-60-23-15-13-21-55(60)63/h7-40H,1-6H3. The van der Waals surface area contributed by atoms with Gasteiger partial charge < -0.3 is 14.2 Å². The lowest BCUT2D eigenvalue weighted by molar-refractivity contribution is 0.590. The molecule has 0 fully saturated rings. The van der Waals surface area contributed by atoms with Crippen LogP contribution in [-0.2, 0) is 16.2 Å². The summed E-state index contributed by atoms with van der Waals surface area (Å²) in [6, 6.07) is 76.4. The van der Waals surface area contributed by atoms with E-state index in [2.05, 4.69) is 258 Å². The number of furan rings is 1. The van der Waals surface area contributed by atoms with Crippen molar-refractivity contribution in [3.8, 4) is 11.1 Å². The molecular weight excluding hydrogens is 833 g/mol. The Balaban J connectivity index is 1.03. The van der Waals surface area contributed by atoms with Crippen molar-refractivity contribution in [3.63, 3.8) is 0 Å². The van der Waals surface area contributed by atoms with E-state index in [1.54, 1.807) is 0 Å². The molecule has 326 valence electrons. The number of benzene rings is 9. The average Bonchev–Trinajstić information content (AvgIpc) is 3.85. The van der Waals surface area contributed by atoms with E-state index < -0.39 is 5.41 Å². The van der Waals surface area contributed by atoms with Gasteiger partial charge in [0.2, 0.25) is 0 Å². The number of nitrogens with zero attached hydrogens (tertiary/aromatic N) is 2. The molecule has 12 rings (SSSR count). The van der Waals surface area contributed by atoms with E-state index in [-0.39, 0.29) is 10.8 Å². The summed E-state index contributed by atoms with van der Waals surface area (Å²) in [4.78, 5) is 7.38. The Morgan fingerprint density at radius 1 is 0.358 bits per heavy atom. The molecule has 0 N–H and O–H groups in total. The van der Waals surface area contributed by atoms with Crippen LogP contribution < -0.4 is 9.80 Å². The lowest BCUT2D eigenvalue weighted by Gasteiger charge is -2.40. The lowest BCUT2D eigenvalue weighted by atomic mass is 9.67. The molecule has 0 atom stereocenters. The van der Waals surface area contributed by atoms with Crippen molar-refractivity contribution < 1.29 is 4.42 Å². The van der Waals surface area contributed by atoms with E-state index >= 15 is 0 Å². The van der Waals surface area contributed by atoms with Crippen LogP contribution >= 0.6 is 11.8 Å². The monoisotopic (exact) mass is 884 g/mol. The number of anilines is 6. The maximum absolute atomic E-state index is 6.65. The fourth-order valence-corrected chi connectivity index (χ4v) is 11.9. The molecule has 9 aromatic carbocycles. The quantitative estimate of drug-likeness (QED) is 0.166. The number of rotatable bonds is 6. The fraction of sp³-hybridized carbons (Fsp3) is 0.143. The Hall–Kier alpha value is -7.27. The molecule has 0 saturated carbocycles. The van der Waals surface area contributed by atoms with Gasteiger partial charge in [-0.1, -0.05) is 162 Å². The minimum atomic E-state index is -0.476. The third kappa shape index (κ3) is 6.64. The van der Waals surface area contributed by atoms with Crippen LogP contribution in [0.4, 0.5) is 34.1 Å².